The molecule has 2 N–H and O–H groups in total. The lowest BCUT2D eigenvalue weighted by molar-refractivity contribution is 0.378. The average Bonchev–Trinajstić information content (AvgIpc) is 3.10. The lowest BCUT2D eigenvalue weighted by Crippen LogP contribution is -2.51. The van der Waals surface area contributed by atoms with Crippen molar-refractivity contribution in [1.82, 2.24) is 19.9 Å². The van der Waals surface area contributed by atoms with Crippen LogP contribution in [0.1, 0.15) is 30.5 Å². The van der Waals surface area contributed by atoms with Crippen LogP contribution in [-0.2, 0) is 6.54 Å². The van der Waals surface area contributed by atoms with Crippen molar-refractivity contribution >= 4 is 47.2 Å². The Balaban J connectivity index is 0.00000225. The first kappa shape index (κ1) is 19.8. The van der Waals surface area contributed by atoms with Crippen molar-refractivity contribution in [3.8, 4) is 0 Å². The smallest absolute Gasteiger partial charge is 0.225 e. The highest BCUT2D eigenvalue weighted by molar-refractivity contribution is 14.0. The largest absolute Gasteiger partial charge is 0.370 e. The van der Waals surface area contributed by atoms with E-state index in [0.717, 1.165) is 42.8 Å². The minimum Gasteiger partial charge on any atom is -0.370 e. The van der Waals surface area contributed by atoms with E-state index in [0.29, 0.717) is 18.4 Å². The van der Waals surface area contributed by atoms with Gasteiger partial charge >= 0.3 is 0 Å². The number of rotatable bonds is 4. The molecule has 0 unspecified atom stereocenters. The molecule has 7 nitrogen and oxygen atoms in total. The van der Waals surface area contributed by atoms with Gasteiger partial charge in [0.05, 0.1) is 12.2 Å². The van der Waals surface area contributed by atoms with Crippen LogP contribution in [0, 0.1) is 0 Å². The molecule has 0 aliphatic carbocycles. The molecule has 3 rings (SSSR count). The summed E-state index contributed by atoms with van der Waals surface area (Å²) < 4.78 is 0. The SMILES string of the molecule is CC(C)c1csc(CN=C(N)N2CCN(c3ncccn3)CC2)n1.I. The maximum Gasteiger partial charge on any atom is 0.225 e. The van der Waals surface area contributed by atoms with Crippen molar-refractivity contribution in [3.63, 3.8) is 0 Å². The zero-order valence-electron chi connectivity index (χ0n) is 14.5. The van der Waals surface area contributed by atoms with E-state index in [1.54, 1.807) is 23.7 Å². The monoisotopic (exact) mass is 473 g/mol. The summed E-state index contributed by atoms with van der Waals surface area (Å²) in [5, 5.41) is 3.11. The van der Waals surface area contributed by atoms with Gasteiger partial charge in [0.1, 0.15) is 5.01 Å². The predicted molar refractivity (Wildman–Crippen MR) is 113 cm³/mol. The molecule has 0 atom stereocenters. The molecular formula is C16H24IN7S. The number of guanidine groups is 1. The minimum absolute atomic E-state index is 0. The Morgan fingerprint density at radius 3 is 2.52 bits per heavy atom. The van der Waals surface area contributed by atoms with Gasteiger partial charge in [-0.05, 0) is 12.0 Å². The Morgan fingerprint density at radius 1 is 1.24 bits per heavy atom. The van der Waals surface area contributed by atoms with Crippen molar-refractivity contribution in [2.24, 2.45) is 10.7 Å². The molecule has 2 aromatic rings. The number of aromatic nitrogens is 3. The van der Waals surface area contributed by atoms with Crippen molar-refractivity contribution < 1.29 is 0 Å². The lowest BCUT2D eigenvalue weighted by Gasteiger charge is -2.35. The number of hydrogen-bond donors (Lipinski definition) is 1. The summed E-state index contributed by atoms with van der Waals surface area (Å²) >= 11 is 1.65. The number of nitrogens with two attached hydrogens (primary N) is 1. The second-order valence-corrected chi connectivity index (χ2v) is 6.96. The molecule has 0 bridgehead atoms. The van der Waals surface area contributed by atoms with Crippen LogP contribution >= 0.6 is 35.3 Å². The molecule has 136 valence electrons. The number of nitrogens with zero attached hydrogens (tertiary/aromatic N) is 6. The molecule has 1 aliphatic heterocycles. The van der Waals surface area contributed by atoms with E-state index in [2.05, 4.69) is 49.0 Å². The Kier molecular flexibility index (Phi) is 7.36. The fourth-order valence-corrected chi connectivity index (χ4v) is 3.38. The molecule has 1 fully saturated rings. The number of anilines is 1. The fraction of sp³-hybridized carbons (Fsp3) is 0.500. The minimum atomic E-state index is 0. The molecule has 25 heavy (non-hydrogen) atoms. The summed E-state index contributed by atoms with van der Waals surface area (Å²) in [5.41, 5.74) is 7.28. The van der Waals surface area contributed by atoms with Crippen LogP contribution in [0.15, 0.2) is 28.8 Å². The number of piperazine rings is 1. The molecule has 3 heterocycles. The summed E-state index contributed by atoms with van der Waals surface area (Å²) in [6, 6.07) is 1.83. The van der Waals surface area contributed by atoms with Crippen LogP contribution in [-0.4, -0.2) is 52.0 Å². The fourth-order valence-electron chi connectivity index (χ4n) is 2.50. The Bertz CT molecular complexity index is 681. The van der Waals surface area contributed by atoms with Gasteiger partial charge in [-0.1, -0.05) is 13.8 Å². The second-order valence-electron chi connectivity index (χ2n) is 6.02. The van der Waals surface area contributed by atoms with E-state index in [9.17, 15) is 0 Å². The number of hydrogen-bond acceptors (Lipinski definition) is 6. The number of halogens is 1. The van der Waals surface area contributed by atoms with Crippen LogP contribution in [0.5, 0.6) is 0 Å². The quantitative estimate of drug-likeness (QED) is 0.417. The van der Waals surface area contributed by atoms with E-state index in [-0.39, 0.29) is 24.0 Å². The molecule has 1 saturated heterocycles. The van der Waals surface area contributed by atoms with Crippen molar-refractivity contribution in [1.29, 1.82) is 0 Å². The number of aliphatic imine (C=N–C) groups is 1. The van der Waals surface area contributed by atoms with Gasteiger partial charge in [0.2, 0.25) is 5.95 Å². The van der Waals surface area contributed by atoms with Crippen LogP contribution in [0.3, 0.4) is 0 Å². The molecule has 0 amide bonds. The molecule has 0 saturated carbocycles. The highest BCUT2D eigenvalue weighted by Gasteiger charge is 2.19. The average molecular weight is 473 g/mol. The molecule has 9 heteroatoms. The first-order valence-electron chi connectivity index (χ1n) is 8.14. The van der Waals surface area contributed by atoms with Gasteiger partial charge in [0.25, 0.3) is 0 Å². The maximum absolute atomic E-state index is 6.15. The van der Waals surface area contributed by atoms with Gasteiger partial charge in [0, 0.05) is 44.0 Å². The molecular weight excluding hydrogens is 449 g/mol. The summed E-state index contributed by atoms with van der Waals surface area (Å²) in [6.45, 7) is 8.17. The molecule has 0 spiro atoms. The standard InChI is InChI=1S/C16H23N7S.HI/c1-12(2)13-11-24-14(21-13)10-20-15(17)22-6-8-23(9-7-22)16-18-4-3-5-19-16;/h3-5,11-12H,6-10H2,1-2H3,(H2,17,20);1H. The highest BCUT2D eigenvalue weighted by atomic mass is 127. The van der Waals surface area contributed by atoms with Gasteiger partial charge in [0.15, 0.2) is 5.96 Å². The molecule has 0 aromatic carbocycles. The van der Waals surface area contributed by atoms with Gasteiger partial charge < -0.3 is 15.5 Å². The van der Waals surface area contributed by atoms with E-state index >= 15 is 0 Å². The van der Waals surface area contributed by atoms with Crippen LogP contribution in [0.4, 0.5) is 5.95 Å². The molecule has 0 radical (unpaired) electrons. The Labute approximate surface area is 169 Å². The van der Waals surface area contributed by atoms with Crippen LogP contribution in [0.25, 0.3) is 0 Å². The lowest BCUT2D eigenvalue weighted by atomic mass is 10.2. The summed E-state index contributed by atoms with van der Waals surface area (Å²) in [4.78, 5) is 22.0. The topological polar surface area (TPSA) is 83.5 Å². The van der Waals surface area contributed by atoms with E-state index in [1.165, 1.54) is 0 Å². The van der Waals surface area contributed by atoms with Crippen molar-refractivity contribution in [3.05, 3.63) is 34.5 Å². The zero-order chi connectivity index (χ0) is 16.9. The summed E-state index contributed by atoms with van der Waals surface area (Å²) in [7, 11) is 0. The van der Waals surface area contributed by atoms with Gasteiger partial charge in [-0.2, -0.15) is 0 Å². The second kappa shape index (κ2) is 9.27. The van der Waals surface area contributed by atoms with Crippen molar-refractivity contribution in [2.75, 3.05) is 31.1 Å². The maximum atomic E-state index is 6.15. The predicted octanol–water partition coefficient (Wildman–Crippen LogP) is 2.31. The van der Waals surface area contributed by atoms with E-state index < -0.39 is 0 Å². The Morgan fingerprint density at radius 2 is 1.92 bits per heavy atom. The summed E-state index contributed by atoms with van der Waals surface area (Å²) in [5.74, 6) is 1.81. The summed E-state index contributed by atoms with van der Waals surface area (Å²) in [6.07, 6.45) is 3.54. The van der Waals surface area contributed by atoms with Crippen LogP contribution in [0.2, 0.25) is 0 Å². The van der Waals surface area contributed by atoms with E-state index in [1.807, 2.05) is 6.07 Å². The highest BCUT2D eigenvalue weighted by Crippen LogP contribution is 2.18. The first-order chi connectivity index (χ1) is 11.6. The third-order valence-corrected chi connectivity index (χ3v) is 4.83. The number of thiazole rings is 1. The normalized spacial score (nSPS) is 15.4. The van der Waals surface area contributed by atoms with Gasteiger partial charge in [-0.3, -0.25) is 0 Å². The third-order valence-electron chi connectivity index (χ3n) is 3.98. The van der Waals surface area contributed by atoms with Crippen molar-refractivity contribution in [2.45, 2.75) is 26.3 Å². The first-order valence-corrected chi connectivity index (χ1v) is 9.02. The van der Waals surface area contributed by atoms with Crippen LogP contribution < -0.4 is 10.6 Å². The third kappa shape index (κ3) is 5.24. The molecule has 2 aromatic heterocycles. The van der Waals surface area contributed by atoms with E-state index in [4.69, 9.17) is 5.73 Å². The zero-order valence-corrected chi connectivity index (χ0v) is 17.6. The molecule has 1 aliphatic rings. The van der Waals surface area contributed by atoms with Gasteiger partial charge in [-0.25, -0.2) is 19.9 Å². The van der Waals surface area contributed by atoms with Gasteiger partial charge in [-0.15, -0.1) is 35.3 Å². The Hall–Kier alpha value is -1.49.